The lowest BCUT2D eigenvalue weighted by molar-refractivity contribution is 0.940. The Labute approximate surface area is 120 Å². The van der Waals surface area contributed by atoms with Crippen LogP contribution in [-0.4, -0.2) is 11.5 Å². The Morgan fingerprint density at radius 3 is 2.78 bits per heavy atom. The molecule has 2 aromatic rings. The molecule has 0 unspecified atom stereocenters. The number of benzene rings is 1. The van der Waals surface area contributed by atoms with Gasteiger partial charge in [-0.3, -0.25) is 0 Å². The summed E-state index contributed by atoms with van der Waals surface area (Å²) in [7, 11) is 0. The van der Waals surface area contributed by atoms with Crippen LogP contribution >= 0.6 is 27.7 Å². The van der Waals surface area contributed by atoms with E-state index in [1.54, 1.807) is 11.8 Å². The Kier molecular flexibility index (Phi) is 4.80. The molecule has 0 aliphatic carbocycles. The Balaban J connectivity index is 2.25. The zero-order chi connectivity index (χ0) is 13.0. The average Bonchev–Trinajstić information content (AvgIpc) is 2.36. The number of halogens is 1. The van der Waals surface area contributed by atoms with Crippen LogP contribution in [-0.2, 0) is 6.42 Å². The summed E-state index contributed by atoms with van der Waals surface area (Å²) in [5.41, 5.74) is 8.23. The number of rotatable bonds is 4. The molecule has 0 saturated heterocycles. The van der Waals surface area contributed by atoms with Gasteiger partial charge in [0.05, 0.1) is 0 Å². The monoisotopic (exact) mass is 322 g/mol. The normalized spacial score (nSPS) is 10.6. The SMILES string of the molecule is Cc1ccc(Sc2ccc(Br)cn2)c(CCN)c1. The fourth-order valence-corrected chi connectivity index (χ4v) is 2.82. The van der Waals surface area contributed by atoms with Gasteiger partial charge in [0.25, 0.3) is 0 Å². The molecular weight excluding hydrogens is 308 g/mol. The Hall–Kier alpha value is -0.840. The summed E-state index contributed by atoms with van der Waals surface area (Å²) >= 11 is 5.08. The van der Waals surface area contributed by atoms with Gasteiger partial charge in [-0.25, -0.2) is 4.98 Å². The van der Waals surface area contributed by atoms with Crippen molar-refractivity contribution in [2.24, 2.45) is 5.73 Å². The third-order valence-corrected chi connectivity index (χ3v) is 4.08. The van der Waals surface area contributed by atoms with Crippen molar-refractivity contribution in [2.75, 3.05) is 6.54 Å². The number of hydrogen-bond donors (Lipinski definition) is 1. The van der Waals surface area contributed by atoms with Crippen molar-refractivity contribution in [3.8, 4) is 0 Å². The summed E-state index contributed by atoms with van der Waals surface area (Å²) in [6.45, 7) is 2.77. The number of nitrogens with two attached hydrogens (primary N) is 1. The number of pyridine rings is 1. The highest BCUT2D eigenvalue weighted by Crippen LogP contribution is 2.30. The zero-order valence-electron chi connectivity index (χ0n) is 10.2. The van der Waals surface area contributed by atoms with E-state index in [1.807, 2.05) is 18.3 Å². The number of aromatic nitrogens is 1. The molecule has 2 N–H and O–H groups in total. The first-order valence-electron chi connectivity index (χ1n) is 5.78. The molecule has 1 aromatic heterocycles. The Morgan fingerprint density at radius 2 is 2.11 bits per heavy atom. The maximum atomic E-state index is 5.66. The van der Waals surface area contributed by atoms with E-state index in [0.29, 0.717) is 6.54 Å². The summed E-state index contributed by atoms with van der Waals surface area (Å²) in [6, 6.07) is 10.5. The second kappa shape index (κ2) is 6.36. The van der Waals surface area contributed by atoms with Crippen molar-refractivity contribution >= 4 is 27.7 Å². The zero-order valence-corrected chi connectivity index (χ0v) is 12.6. The van der Waals surface area contributed by atoms with Gasteiger partial charge in [0.2, 0.25) is 0 Å². The number of nitrogens with zero attached hydrogens (tertiary/aromatic N) is 1. The van der Waals surface area contributed by atoms with Gasteiger partial charge < -0.3 is 5.73 Å². The molecule has 4 heteroatoms. The molecular formula is C14H15BrN2S. The lowest BCUT2D eigenvalue weighted by Gasteiger charge is -2.09. The summed E-state index contributed by atoms with van der Waals surface area (Å²) in [4.78, 5) is 5.62. The van der Waals surface area contributed by atoms with Crippen LogP contribution in [0.4, 0.5) is 0 Å². The summed E-state index contributed by atoms with van der Waals surface area (Å²) < 4.78 is 0.998. The van der Waals surface area contributed by atoms with E-state index in [2.05, 4.69) is 46.0 Å². The van der Waals surface area contributed by atoms with Crippen molar-refractivity contribution in [3.05, 3.63) is 52.1 Å². The highest BCUT2D eigenvalue weighted by atomic mass is 79.9. The highest BCUT2D eigenvalue weighted by Gasteiger charge is 2.05. The van der Waals surface area contributed by atoms with Crippen LogP contribution in [0.25, 0.3) is 0 Å². The predicted molar refractivity (Wildman–Crippen MR) is 80.0 cm³/mol. The molecule has 0 spiro atoms. The molecule has 94 valence electrons. The molecule has 0 saturated carbocycles. The molecule has 2 rings (SSSR count). The summed E-state index contributed by atoms with van der Waals surface area (Å²) in [5, 5.41) is 1.00. The van der Waals surface area contributed by atoms with Crippen LogP contribution in [0.15, 0.2) is 50.9 Å². The lowest BCUT2D eigenvalue weighted by Crippen LogP contribution is -2.04. The third kappa shape index (κ3) is 3.57. The molecule has 18 heavy (non-hydrogen) atoms. The maximum absolute atomic E-state index is 5.66. The van der Waals surface area contributed by atoms with E-state index < -0.39 is 0 Å². The standard InChI is InChI=1S/C14H15BrN2S/c1-10-2-4-13(11(8-10)6-7-16)18-14-5-3-12(15)9-17-14/h2-5,8-9H,6-7,16H2,1H3. The second-order valence-corrected chi connectivity index (χ2v) is 6.04. The van der Waals surface area contributed by atoms with Crippen LogP contribution in [0.3, 0.4) is 0 Å². The predicted octanol–water partition coefficient (Wildman–Crippen LogP) is 3.80. The molecule has 1 aromatic carbocycles. The summed E-state index contributed by atoms with van der Waals surface area (Å²) in [6.07, 6.45) is 2.72. The van der Waals surface area contributed by atoms with Crippen molar-refractivity contribution < 1.29 is 0 Å². The Morgan fingerprint density at radius 1 is 1.28 bits per heavy atom. The molecule has 0 radical (unpaired) electrons. The quantitative estimate of drug-likeness (QED) is 0.930. The van der Waals surface area contributed by atoms with Gasteiger partial charge >= 0.3 is 0 Å². The van der Waals surface area contributed by atoms with Crippen molar-refractivity contribution in [3.63, 3.8) is 0 Å². The second-order valence-electron chi connectivity index (χ2n) is 4.07. The highest BCUT2D eigenvalue weighted by molar-refractivity contribution is 9.10. The molecule has 0 fully saturated rings. The number of hydrogen-bond acceptors (Lipinski definition) is 3. The van der Waals surface area contributed by atoms with Gasteiger partial charge in [-0.2, -0.15) is 0 Å². The first-order valence-corrected chi connectivity index (χ1v) is 7.39. The maximum Gasteiger partial charge on any atom is 0.101 e. The fraction of sp³-hybridized carbons (Fsp3) is 0.214. The smallest absolute Gasteiger partial charge is 0.101 e. The number of aryl methyl sites for hydroxylation is 1. The van der Waals surface area contributed by atoms with Crippen LogP contribution in [0.5, 0.6) is 0 Å². The molecule has 2 nitrogen and oxygen atoms in total. The van der Waals surface area contributed by atoms with Gasteiger partial charge in [-0.1, -0.05) is 29.5 Å². The largest absolute Gasteiger partial charge is 0.330 e. The van der Waals surface area contributed by atoms with E-state index in [4.69, 9.17) is 5.73 Å². The summed E-state index contributed by atoms with van der Waals surface area (Å²) in [5.74, 6) is 0. The van der Waals surface area contributed by atoms with Gasteiger partial charge in [-0.15, -0.1) is 0 Å². The van der Waals surface area contributed by atoms with E-state index in [0.717, 1.165) is 15.9 Å². The van der Waals surface area contributed by atoms with Crippen LogP contribution in [0.2, 0.25) is 0 Å². The van der Waals surface area contributed by atoms with Crippen LogP contribution < -0.4 is 5.73 Å². The minimum atomic E-state index is 0.671. The van der Waals surface area contributed by atoms with Crippen molar-refractivity contribution in [1.29, 1.82) is 0 Å². The van der Waals surface area contributed by atoms with E-state index in [9.17, 15) is 0 Å². The minimum absolute atomic E-state index is 0.671. The molecule has 0 bridgehead atoms. The molecule has 0 aliphatic heterocycles. The molecule has 1 heterocycles. The van der Waals surface area contributed by atoms with Gasteiger partial charge in [0, 0.05) is 15.6 Å². The molecule has 0 amide bonds. The molecule has 0 atom stereocenters. The van der Waals surface area contributed by atoms with Crippen LogP contribution in [0.1, 0.15) is 11.1 Å². The first-order chi connectivity index (χ1) is 8.69. The van der Waals surface area contributed by atoms with E-state index in [-0.39, 0.29) is 0 Å². The minimum Gasteiger partial charge on any atom is -0.330 e. The molecule has 0 aliphatic rings. The van der Waals surface area contributed by atoms with Gasteiger partial charge in [0.1, 0.15) is 5.03 Å². The first kappa shape index (κ1) is 13.6. The van der Waals surface area contributed by atoms with E-state index >= 15 is 0 Å². The average molecular weight is 323 g/mol. The van der Waals surface area contributed by atoms with Crippen molar-refractivity contribution in [1.82, 2.24) is 4.98 Å². The van der Waals surface area contributed by atoms with E-state index in [1.165, 1.54) is 16.0 Å². The van der Waals surface area contributed by atoms with Gasteiger partial charge in [-0.05, 0) is 59.6 Å². The van der Waals surface area contributed by atoms with Crippen LogP contribution in [0, 0.1) is 6.92 Å². The Bertz CT molecular complexity index is 526. The van der Waals surface area contributed by atoms with Crippen molar-refractivity contribution in [2.45, 2.75) is 23.3 Å². The third-order valence-electron chi connectivity index (χ3n) is 2.54. The van der Waals surface area contributed by atoms with Gasteiger partial charge in [0.15, 0.2) is 0 Å². The fourth-order valence-electron chi connectivity index (χ4n) is 1.69. The lowest BCUT2D eigenvalue weighted by atomic mass is 10.1. The topological polar surface area (TPSA) is 38.9 Å².